The molecule has 0 aliphatic carbocycles. The molecule has 1 N–H and O–H groups in total. The van der Waals surface area contributed by atoms with Gasteiger partial charge in [-0.2, -0.15) is 0 Å². The molecule has 3 rings (SSSR count). The number of nitrogens with zero attached hydrogens (tertiary/aromatic N) is 3. The summed E-state index contributed by atoms with van der Waals surface area (Å²) in [6.45, 7) is 8.94. The lowest BCUT2D eigenvalue weighted by atomic mass is 10.2. The molecule has 0 radical (unpaired) electrons. The molecule has 110 valence electrons. The molecule has 0 spiro atoms. The van der Waals surface area contributed by atoms with Crippen LogP contribution in [-0.2, 0) is 6.54 Å². The van der Waals surface area contributed by atoms with Gasteiger partial charge in [-0.1, -0.05) is 6.92 Å². The molecule has 2 saturated heterocycles. The number of pyridine rings is 1. The molecule has 2 aliphatic heterocycles. The summed E-state index contributed by atoms with van der Waals surface area (Å²) in [5, 5.41) is 3.35. The third-order valence-corrected chi connectivity index (χ3v) is 4.52. The van der Waals surface area contributed by atoms with Crippen LogP contribution in [0.2, 0.25) is 0 Å². The Balaban J connectivity index is 1.70. The van der Waals surface area contributed by atoms with Crippen molar-refractivity contribution in [2.45, 2.75) is 38.8 Å². The summed E-state index contributed by atoms with van der Waals surface area (Å²) in [4.78, 5) is 9.71. The van der Waals surface area contributed by atoms with E-state index in [1.165, 1.54) is 51.1 Å². The number of hydrogen-bond acceptors (Lipinski definition) is 4. The van der Waals surface area contributed by atoms with Gasteiger partial charge in [0.1, 0.15) is 0 Å². The van der Waals surface area contributed by atoms with Gasteiger partial charge < -0.3 is 10.2 Å². The van der Waals surface area contributed by atoms with Gasteiger partial charge in [0.2, 0.25) is 0 Å². The van der Waals surface area contributed by atoms with E-state index in [2.05, 4.69) is 39.2 Å². The van der Waals surface area contributed by atoms with Gasteiger partial charge in [-0.05, 0) is 44.5 Å². The Morgan fingerprint density at radius 3 is 3.10 bits per heavy atom. The van der Waals surface area contributed by atoms with Gasteiger partial charge in [-0.3, -0.25) is 9.88 Å². The fraction of sp³-hybridized carbons (Fsp3) is 0.688. The van der Waals surface area contributed by atoms with Crippen LogP contribution in [0.5, 0.6) is 0 Å². The number of fused-ring (bicyclic) bond motifs is 1. The highest BCUT2D eigenvalue weighted by Gasteiger charge is 2.28. The normalized spacial score (nSPS) is 23.6. The summed E-state index contributed by atoms with van der Waals surface area (Å²) in [5.41, 5.74) is 2.50. The van der Waals surface area contributed by atoms with Crippen LogP contribution in [0.4, 0.5) is 5.69 Å². The second-order valence-electron chi connectivity index (χ2n) is 5.92. The monoisotopic (exact) mass is 274 g/mol. The number of rotatable bonds is 4. The molecule has 1 atom stereocenters. The number of aromatic nitrogens is 1. The smallest absolute Gasteiger partial charge is 0.0562 e. The summed E-state index contributed by atoms with van der Waals surface area (Å²) >= 11 is 0. The molecule has 1 unspecified atom stereocenters. The van der Waals surface area contributed by atoms with Crippen molar-refractivity contribution in [3.05, 3.63) is 24.0 Å². The van der Waals surface area contributed by atoms with Crippen molar-refractivity contribution in [3.8, 4) is 0 Å². The van der Waals surface area contributed by atoms with E-state index < -0.39 is 0 Å². The fourth-order valence-corrected chi connectivity index (χ4v) is 3.45. The third-order valence-electron chi connectivity index (χ3n) is 4.52. The Hall–Kier alpha value is -1.13. The van der Waals surface area contributed by atoms with Gasteiger partial charge in [0.05, 0.1) is 5.69 Å². The van der Waals surface area contributed by atoms with Crippen molar-refractivity contribution in [1.29, 1.82) is 0 Å². The molecule has 2 fully saturated rings. The molecule has 4 nitrogen and oxygen atoms in total. The topological polar surface area (TPSA) is 31.4 Å². The van der Waals surface area contributed by atoms with Gasteiger partial charge in [0.25, 0.3) is 0 Å². The molecule has 2 aliphatic rings. The standard InChI is InChI=1S/C16H26N4/c1-2-17-12-14-11-15(6-7-18-14)20-10-4-9-19-8-3-5-16(19)13-20/h6-7,11,16-17H,2-5,8-10,12-13H2,1H3. The molecular weight excluding hydrogens is 248 g/mol. The molecule has 3 heterocycles. The maximum Gasteiger partial charge on any atom is 0.0562 e. The van der Waals surface area contributed by atoms with Crippen molar-refractivity contribution in [1.82, 2.24) is 15.2 Å². The maximum atomic E-state index is 4.46. The number of anilines is 1. The highest BCUT2D eigenvalue weighted by molar-refractivity contribution is 5.47. The third kappa shape index (κ3) is 3.13. The zero-order valence-electron chi connectivity index (χ0n) is 12.5. The van der Waals surface area contributed by atoms with Crippen molar-refractivity contribution >= 4 is 5.69 Å². The predicted molar refractivity (Wildman–Crippen MR) is 83.0 cm³/mol. The highest BCUT2D eigenvalue weighted by Crippen LogP contribution is 2.25. The van der Waals surface area contributed by atoms with E-state index in [1.54, 1.807) is 0 Å². The van der Waals surface area contributed by atoms with E-state index in [1.807, 2.05) is 6.20 Å². The van der Waals surface area contributed by atoms with Gasteiger partial charge in [-0.25, -0.2) is 0 Å². The van der Waals surface area contributed by atoms with Crippen molar-refractivity contribution in [2.75, 3.05) is 37.6 Å². The molecule has 0 bridgehead atoms. The first-order valence-electron chi connectivity index (χ1n) is 8.01. The van der Waals surface area contributed by atoms with E-state index in [4.69, 9.17) is 0 Å². The lowest BCUT2D eigenvalue weighted by molar-refractivity contribution is 0.273. The zero-order valence-corrected chi connectivity index (χ0v) is 12.5. The summed E-state index contributed by atoms with van der Waals surface area (Å²) in [7, 11) is 0. The van der Waals surface area contributed by atoms with Crippen LogP contribution in [0.3, 0.4) is 0 Å². The van der Waals surface area contributed by atoms with Crippen molar-refractivity contribution in [2.24, 2.45) is 0 Å². The van der Waals surface area contributed by atoms with E-state index in [0.717, 1.165) is 24.8 Å². The minimum absolute atomic E-state index is 0.767. The van der Waals surface area contributed by atoms with E-state index in [0.29, 0.717) is 0 Å². The fourth-order valence-electron chi connectivity index (χ4n) is 3.45. The largest absolute Gasteiger partial charge is 0.370 e. The summed E-state index contributed by atoms with van der Waals surface area (Å²) in [6, 6.07) is 5.19. The first kappa shape index (κ1) is 13.8. The van der Waals surface area contributed by atoms with E-state index >= 15 is 0 Å². The first-order chi connectivity index (χ1) is 9.86. The molecule has 0 saturated carbocycles. The van der Waals surface area contributed by atoms with Crippen LogP contribution < -0.4 is 10.2 Å². The molecule has 0 amide bonds. The highest BCUT2D eigenvalue weighted by atomic mass is 15.3. The van der Waals surface area contributed by atoms with Gasteiger partial charge in [-0.15, -0.1) is 0 Å². The van der Waals surface area contributed by atoms with Crippen LogP contribution in [0, 0.1) is 0 Å². The Morgan fingerprint density at radius 1 is 1.30 bits per heavy atom. The molecule has 1 aromatic rings. The minimum Gasteiger partial charge on any atom is -0.370 e. The summed E-state index contributed by atoms with van der Waals surface area (Å²) in [5.74, 6) is 0. The van der Waals surface area contributed by atoms with Crippen LogP contribution in [0.1, 0.15) is 31.9 Å². The molecular formula is C16H26N4. The lowest BCUT2D eigenvalue weighted by Crippen LogP contribution is -2.36. The summed E-state index contributed by atoms with van der Waals surface area (Å²) < 4.78 is 0. The Bertz CT molecular complexity index is 434. The van der Waals surface area contributed by atoms with Gasteiger partial charge in [0, 0.05) is 44.1 Å². The average Bonchev–Trinajstić information content (AvgIpc) is 2.82. The lowest BCUT2D eigenvalue weighted by Gasteiger charge is -2.27. The average molecular weight is 274 g/mol. The molecule has 0 aromatic carbocycles. The molecule has 1 aromatic heterocycles. The quantitative estimate of drug-likeness (QED) is 0.908. The minimum atomic E-state index is 0.767. The summed E-state index contributed by atoms with van der Waals surface area (Å²) in [6.07, 6.45) is 5.98. The van der Waals surface area contributed by atoms with Gasteiger partial charge in [0.15, 0.2) is 0 Å². The van der Waals surface area contributed by atoms with E-state index in [9.17, 15) is 0 Å². The Kier molecular flexibility index (Phi) is 4.53. The Labute approximate surface area is 122 Å². The van der Waals surface area contributed by atoms with E-state index in [-0.39, 0.29) is 0 Å². The maximum absolute atomic E-state index is 4.46. The first-order valence-corrected chi connectivity index (χ1v) is 8.01. The molecule has 4 heteroatoms. The second kappa shape index (κ2) is 6.55. The zero-order chi connectivity index (χ0) is 13.8. The van der Waals surface area contributed by atoms with Crippen LogP contribution in [-0.4, -0.2) is 48.6 Å². The van der Waals surface area contributed by atoms with Crippen LogP contribution in [0.15, 0.2) is 18.3 Å². The molecule has 20 heavy (non-hydrogen) atoms. The van der Waals surface area contributed by atoms with Gasteiger partial charge >= 0.3 is 0 Å². The Morgan fingerprint density at radius 2 is 2.20 bits per heavy atom. The predicted octanol–water partition coefficient (Wildman–Crippen LogP) is 1.87. The van der Waals surface area contributed by atoms with Crippen molar-refractivity contribution in [3.63, 3.8) is 0 Å². The van der Waals surface area contributed by atoms with Crippen LogP contribution >= 0.6 is 0 Å². The SMILES string of the molecule is CCNCc1cc(N2CCCN3CCCC3C2)ccn1. The van der Waals surface area contributed by atoms with Crippen LogP contribution in [0.25, 0.3) is 0 Å². The number of hydrogen-bond donors (Lipinski definition) is 1. The van der Waals surface area contributed by atoms with Crippen molar-refractivity contribution < 1.29 is 0 Å². The number of nitrogens with one attached hydrogen (secondary N) is 1. The second-order valence-corrected chi connectivity index (χ2v) is 5.92.